The van der Waals surface area contributed by atoms with Crippen LogP contribution >= 0.6 is 34.2 Å². The van der Waals surface area contributed by atoms with E-state index in [2.05, 4.69) is 34.6 Å². The van der Waals surface area contributed by atoms with Gasteiger partial charge in [-0.1, -0.05) is 24.6 Å². The van der Waals surface area contributed by atoms with Crippen molar-refractivity contribution in [1.82, 2.24) is 9.78 Å². The smallest absolute Gasteiger partial charge is 0.168 e. The Hall–Kier alpha value is -0.880. The van der Waals surface area contributed by atoms with Gasteiger partial charge in [0.25, 0.3) is 0 Å². The maximum atomic E-state index is 12.3. The average molecular weight is 403 g/mol. The largest absolute Gasteiger partial charge is 0.294 e. The molecule has 0 N–H and O–H groups in total. The van der Waals surface area contributed by atoms with Crippen molar-refractivity contribution in [2.24, 2.45) is 0 Å². The molecule has 0 aliphatic heterocycles. The fourth-order valence-corrected chi connectivity index (χ4v) is 2.56. The van der Waals surface area contributed by atoms with E-state index < -0.39 is 0 Å². The summed E-state index contributed by atoms with van der Waals surface area (Å²) in [6.07, 6.45) is 1.24. The fourth-order valence-electron chi connectivity index (χ4n) is 2.04. The maximum absolute atomic E-state index is 12.3. The lowest BCUT2D eigenvalue weighted by molar-refractivity contribution is 0.0990. The molecular weight excluding hydrogens is 387 g/mol. The molecule has 106 valence electrons. The highest BCUT2D eigenvalue weighted by Gasteiger charge is 2.13. The molecule has 2 aromatic rings. The molecule has 2 rings (SSSR count). The number of aryl methyl sites for hydroxylation is 2. The number of hydrogen-bond donors (Lipinski definition) is 0. The van der Waals surface area contributed by atoms with Gasteiger partial charge in [-0.15, -0.1) is 0 Å². The van der Waals surface area contributed by atoms with Gasteiger partial charge in [0, 0.05) is 21.4 Å². The minimum Gasteiger partial charge on any atom is -0.294 e. The highest BCUT2D eigenvalue weighted by atomic mass is 127. The molecule has 0 atom stereocenters. The standard InChI is InChI=1S/C15H16ClIN2O/c1-3-11-8-12(19(4-2)18-11)9-15(20)10-5-6-14(17)13(16)7-10/h5-8H,3-4,9H2,1-2H3. The molecule has 3 nitrogen and oxygen atoms in total. The average Bonchev–Trinajstić information content (AvgIpc) is 2.84. The Morgan fingerprint density at radius 3 is 2.70 bits per heavy atom. The Bertz CT molecular complexity index is 637. The van der Waals surface area contributed by atoms with Gasteiger partial charge in [-0.2, -0.15) is 5.10 Å². The van der Waals surface area contributed by atoms with Crippen molar-refractivity contribution in [1.29, 1.82) is 0 Å². The van der Waals surface area contributed by atoms with Crippen LogP contribution in [0.15, 0.2) is 24.3 Å². The van der Waals surface area contributed by atoms with E-state index in [0.29, 0.717) is 17.0 Å². The number of aromatic nitrogens is 2. The molecule has 1 aromatic carbocycles. The van der Waals surface area contributed by atoms with Gasteiger partial charge in [-0.25, -0.2) is 0 Å². The van der Waals surface area contributed by atoms with Crippen LogP contribution in [-0.2, 0) is 19.4 Å². The van der Waals surface area contributed by atoms with Crippen molar-refractivity contribution >= 4 is 40.0 Å². The minimum absolute atomic E-state index is 0.0700. The van der Waals surface area contributed by atoms with Crippen LogP contribution in [0.2, 0.25) is 5.02 Å². The van der Waals surface area contributed by atoms with E-state index in [-0.39, 0.29) is 5.78 Å². The minimum atomic E-state index is 0.0700. The summed E-state index contributed by atoms with van der Waals surface area (Å²) in [4.78, 5) is 12.3. The molecular formula is C15H16ClIN2O. The predicted molar refractivity (Wildman–Crippen MR) is 89.5 cm³/mol. The predicted octanol–water partition coefficient (Wildman–Crippen LogP) is 4.15. The van der Waals surface area contributed by atoms with Gasteiger partial charge in [0.15, 0.2) is 5.78 Å². The zero-order chi connectivity index (χ0) is 14.7. The maximum Gasteiger partial charge on any atom is 0.168 e. The highest BCUT2D eigenvalue weighted by Crippen LogP contribution is 2.20. The molecule has 0 saturated carbocycles. The lowest BCUT2D eigenvalue weighted by atomic mass is 10.1. The molecule has 20 heavy (non-hydrogen) atoms. The van der Waals surface area contributed by atoms with Crippen LogP contribution < -0.4 is 0 Å². The number of halogens is 2. The zero-order valence-electron chi connectivity index (χ0n) is 11.5. The topological polar surface area (TPSA) is 34.9 Å². The molecule has 0 amide bonds. The summed E-state index contributed by atoms with van der Waals surface area (Å²) >= 11 is 8.22. The number of Topliss-reactive ketones (excluding diaryl/α,β-unsaturated/α-hetero) is 1. The number of rotatable bonds is 5. The lowest BCUT2D eigenvalue weighted by Crippen LogP contribution is -2.09. The van der Waals surface area contributed by atoms with E-state index in [1.165, 1.54) is 0 Å². The van der Waals surface area contributed by atoms with Crippen LogP contribution in [0.5, 0.6) is 0 Å². The Kier molecular flexibility index (Phi) is 5.21. The van der Waals surface area contributed by atoms with E-state index >= 15 is 0 Å². The van der Waals surface area contributed by atoms with Gasteiger partial charge >= 0.3 is 0 Å². The van der Waals surface area contributed by atoms with Crippen LogP contribution in [-0.4, -0.2) is 15.6 Å². The van der Waals surface area contributed by atoms with E-state index in [0.717, 1.165) is 27.9 Å². The summed E-state index contributed by atoms with van der Waals surface area (Å²) < 4.78 is 2.85. The van der Waals surface area contributed by atoms with Crippen molar-refractivity contribution in [2.75, 3.05) is 0 Å². The number of hydrogen-bond acceptors (Lipinski definition) is 2. The molecule has 0 fully saturated rings. The number of benzene rings is 1. The zero-order valence-corrected chi connectivity index (χ0v) is 14.4. The van der Waals surface area contributed by atoms with Gasteiger partial charge in [0.05, 0.1) is 17.1 Å². The van der Waals surface area contributed by atoms with Gasteiger partial charge in [0.2, 0.25) is 0 Å². The van der Waals surface area contributed by atoms with Crippen molar-refractivity contribution in [2.45, 2.75) is 33.2 Å². The van der Waals surface area contributed by atoms with Crippen molar-refractivity contribution in [3.8, 4) is 0 Å². The molecule has 0 aliphatic carbocycles. The molecule has 0 spiro atoms. The molecule has 0 saturated heterocycles. The Labute approximate surface area is 137 Å². The van der Waals surface area contributed by atoms with E-state index in [9.17, 15) is 4.79 Å². The highest BCUT2D eigenvalue weighted by molar-refractivity contribution is 14.1. The summed E-state index contributed by atoms with van der Waals surface area (Å²) in [5.41, 5.74) is 2.64. The second-order valence-corrected chi connectivity index (χ2v) is 6.09. The molecule has 0 radical (unpaired) electrons. The number of nitrogens with zero attached hydrogens (tertiary/aromatic N) is 2. The third-order valence-electron chi connectivity index (χ3n) is 3.16. The monoisotopic (exact) mass is 402 g/mol. The molecule has 1 aromatic heterocycles. The first kappa shape index (κ1) is 15.5. The molecule has 0 unspecified atom stereocenters. The Balaban J connectivity index is 2.22. The van der Waals surface area contributed by atoms with Gasteiger partial charge in [-0.3, -0.25) is 9.48 Å². The molecule has 0 aliphatic rings. The SMILES string of the molecule is CCc1cc(CC(=O)c2ccc(I)c(Cl)c2)n(CC)n1. The summed E-state index contributed by atoms with van der Waals surface area (Å²) in [5.74, 6) is 0.0700. The molecule has 1 heterocycles. The lowest BCUT2D eigenvalue weighted by Gasteiger charge is -2.05. The van der Waals surface area contributed by atoms with Crippen molar-refractivity contribution < 1.29 is 4.79 Å². The summed E-state index contributed by atoms with van der Waals surface area (Å²) in [5, 5.41) is 5.08. The Morgan fingerprint density at radius 2 is 2.10 bits per heavy atom. The Morgan fingerprint density at radius 1 is 1.35 bits per heavy atom. The van der Waals surface area contributed by atoms with Gasteiger partial charge in [-0.05, 0) is 54.1 Å². The third-order valence-corrected chi connectivity index (χ3v) is 4.73. The summed E-state index contributed by atoms with van der Waals surface area (Å²) in [6, 6.07) is 7.43. The van der Waals surface area contributed by atoms with Gasteiger partial charge < -0.3 is 0 Å². The van der Waals surface area contributed by atoms with E-state index in [1.54, 1.807) is 6.07 Å². The third kappa shape index (κ3) is 3.41. The van der Waals surface area contributed by atoms with E-state index in [4.69, 9.17) is 11.6 Å². The summed E-state index contributed by atoms with van der Waals surface area (Å²) in [6.45, 7) is 4.87. The molecule has 5 heteroatoms. The fraction of sp³-hybridized carbons (Fsp3) is 0.333. The first-order chi connectivity index (χ1) is 9.55. The van der Waals surface area contributed by atoms with Crippen LogP contribution in [0, 0.1) is 3.57 Å². The number of carbonyl (C=O) groups is 1. The normalized spacial score (nSPS) is 10.8. The van der Waals surface area contributed by atoms with E-state index in [1.807, 2.05) is 29.8 Å². The molecule has 0 bridgehead atoms. The second-order valence-electron chi connectivity index (χ2n) is 4.53. The summed E-state index contributed by atoms with van der Waals surface area (Å²) in [7, 11) is 0. The van der Waals surface area contributed by atoms with Crippen LogP contribution in [0.4, 0.5) is 0 Å². The van der Waals surface area contributed by atoms with Crippen LogP contribution in [0.25, 0.3) is 0 Å². The van der Waals surface area contributed by atoms with Gasteiger partial charge in [0.1, 0.15) is 0 Å². The van der Waals surface area contributed by atoms with Crippen molar-refractivity contribution in [3.05, 3.63) is 49.8 Å². The quantitative estimate of drug-likeness (QED) is 0.556. The van der Waals surface area contributed by atoms with Crippen LogP contribution in [0.3, 0.4) is 0 Å². The van der Waals surface area contributed by atoms with Crippen LogP contribution in [0.1, 0.15) is 35.6 Å². The number of ketones is 1. The first-order valence-corrected chi connectivity index (χ1v) is 8.04. The van der Waals surface area contributed by atoms with Crippen molar-refractivity contribution in [3.63, 3.8) is 0 Å². The first-order valence-electron chi connectivity index (χ1n) is 6.59. The number of carbonyl (C=O) groups excluding carboxylic acids is 1. The second kappa shape index (κ2) is 6.72.